The van der Waals surface area contributed by atoms with Crippen LogP contribution in [0.3, 0.4) is 0 Å². The summed E-state index contributed by atoms with van der Waals surface area (Å²) in [5.41, 5.74) is 4.81. The molecule has 4 N–H and O–H groups in total. The summed E-state index contributed by atoms with van der Waals surface area (Å²) < 4.78 is 39.3. The van der Waals surface area contributed by atoms with Crippen molar-refractivity contribution in [3.05, 3.63) is 23.8 Å². The van der Waals surface area contributed by atoms with Crippen LogP contribution < -0.4 is 10.5 Å². The summed E-state index contributed by atoms with van der Waals surface area (Å²) in [5, 5.41) is 17.9. The summed E-state index contributed by atoms with van der Waals surface area (Å²) in [4.78, 5) is 10.5. The van der Waals surface area contributed by atoms with Gasteiger partial charge in [-0.25, -0.2) is 0 Å². The molecule has 0 saturated carbocycles. The number of phenols is 1. The van der Waals surface area contributed by atoms with Crippen LogP contribution in [0.15, 0.2) is 18.2 Å². The molecule has 94 valence electrons. The number of ether oxygens (including phenoxy) is 1. The molecule has 8 heteroatoms. The van der Waals surface area contributed by atoms with Gasteiger partial charge in [0.15, 0.2) is 0 Å². The van der Waals surface area contributed by atoms with Gasteiger partial charge in [-0.1, -0.05) is 0 Å². The Morgan fingerprint density at radius 1 is 1.41 bits per heavy atom. The molecule has 0 heterocycles. The van der Waals surface area contributed by atoms with Crippen molar-refractivity contribution >= 4 is 5.97 Å². The van der Waals surface area contributed by atoms with Crippen LogP contribution in [0.25, 0.3) is 0 Å². The van der Waals surface area contributed by atoms with Crippen molar-refractivity contribution in [1.29, 1.82) is 0 Å². The molecule has 0 fully saturated rings. The fraction of sp³-hybridized carbons (Fsp3) is 0.222. The van der Waals surface area contributed by atoms with Crippen LogP contribution in [0, 0.1) is 0 Å². The molecule has 0 radical (unpaired) electrons. The Morgan fingerprint density at radius 2 is 2.00 bits per heavy atom. The minimum absolute atomic E-state index is 0.362. The highest BCUT2D eigenvalue weighted by Crippen LogP contribution is 2.30. The number of carbonyl (C=O) groups is 1. The van der Waals surface area contributed by atoms with Gasteiger partial charge in [-0.15, -0.1) is 13.2 Å². The molecule has 0 saturated heterocycles. The van der Waals surface area contributed by atoms with Crippen molar-refractivity contribution in [3.63, 3.8) is 0 Å². The molecule has 0 bridgehead atoms. The Kier molecular flexibility index (Phi) is 3.47. The minimum atomic E-state index is -4.90. The topological polar surface area (TPSA) is 92.8 Å². The highest BCUT2D eigenvalue weighted by atomic mass is 19.4. The normalized spacial score (nSPS) is 13.2. The van der Waals surface area contributed by atoms with Gasteiger partial charge in [0.2, 0.25) is 0 Å². The van der Waals surface area contributed by atoms with Gasteiger partial charge < -0.3 is 20.7 Å². The van der Waals surface area contributed by atoms with E-state index >= 15 is 0 Å². The minimum Gasteiger partial charge on any atom is -0.508 e. The molecule has 0 aliphatic rings. The average Bonchev–Trinajstić information content (AvgIpc) is 2.17. The molecular weight excluding hydrogens is 243 g/mol. The lowest BCUT2D eigenvalue weighted by Crippen LogP contribution is -2.21. The zero-order chi connectivity index (χ0) is 13.2. The van der Waals surface area contributed by atoms with E-state index in [-0.39, 0.29) is 5.56 Å². The average molecular weight is 251 g/mol. The van der Waals surface area contributed by atoms with Crippen LogP contribution in [0.5, 0.6) is 11.5 Å². The Labute approximate surface area is 93.2 Å². The van der Waals surface area contributed by atoms with Gasteiger partial charge in [0.25, 0.3) is 0 Å². The van der Waals surface area contributed by atoms with E-state index in [1.807, 2.05) is 0 Å². The number of carboxylic acids is 1. The molecule has 0 unspecified atom stereocenters. The summed E-state index contributed by atoms with van der Waals surface area (Å²) in [7, 11) is 0. The number of phenolic OH excluding ortho intramolecular Hbond substituents is 1. The first-order valence-corrected chi connectivity index (χ1v) is 4.28. The van der Waals surface area contributed by atoms with Gasteiger partial charge in [-0.3, -0.25) is 4.79 Å². The fourth-order valence-corrected chi connectivity index (χ4v) is 1.11. The highest BCUT2D eigenvalue weighted by molar-refractivity contribution is 5.76. The van der Waals surface area contributed by atoms with Gasteiger partial charge in [0.1, 0.15) is 17.5 Å². The molecule has 0 aromatic heterocycles. The third-order valence-electron chi connectivity index (χ3n) is 1.83. The van der Waals surface area contributed by atoms with E-state index in [0.29, 0.717) is 0 Å². The number of aromatic hydroxyl groups is 1. The number of rotatable bonds is 3. The first kappa shape index (κ1) is 13.1. The monoisotopic (exact) mass is 251 g/mol. The van der Waals surface area contributed by atoms with E-state index in [9.17, 15) is 23.1 Å². The first-order chi connectivity index (χ1) is 7.70. The van der Waals surface area contributed by atoms with E-state index < -0.39 is 29.9 Å². The summed E-state index contributed by atoms with van der Waals surface area (Å²) in [5.74, 6) is -2.65. The molecule has 0 spiro atoms. The van der Waals surface area contributed by atoms with Gasteiger partial charge in [0, 0.05) is 5.56 Å². The lowest BCUT2D eigenvalue weighted by molar-refractivity contribution is -0.274. The van der Waals surface area contributed by atoms with Crippen molar-refractivity contribution in [1.82, 2.24) is 0 Å². The predicted octanol–water partition coefficient (Wildman–Crippen LogP) is 1.38. The summed E-state index contributed by atoms with van der Waals surface area (Å²) >= 11 is 0. The second-order valence-corrected chi connectivity index (χ2v) is 3.08. The first-order valence-electron chi connectivity index (χ1n) is 4.28. The fourth-order valence-electron chi connectivity index (χ4n) is 1.11. The van der Waals surface area contributed by atoms with E-state index in [1.54, 1.807) is 0 Å². The van der Waals surface area contributed by atoms with Crippen LogP contribution in [-0.4, -0.2) is 22.5 Å². The Hall–Kier alpha value is -1.96. The number of hydrogen-bond acceptors (Lipinski definition) is 4. The van der Waals surface area contributed by atoms with Crippen molar-refractivity contribution in [3.8, 4) is 11.5 Å². The summed E-state index contributed by atoms with van der Waals surface area (Å²) in [6, 6.07) is 0.814. The maximum atomic E-state index is 11.9. The molecule has 5 nitrogen and oxygen atoms in total. The molecule has 0 amide bonds. The number of nitrogens with two attached hydrogens (primary N) is 1. The highest BCUT2D eigenvalue weighted by Gasteiger charge is 2.31. The number of alkyl halides is 3. The summed E-state index contributed by atoms with van der Waals surface area (Å²) in [6.45, 7) is 0. The van der Waals surface area contributed by atoms with Crippen molar-refractivity contribution in [2.45, 2.75) is 12.4 Å². The molecule has 1 rings (SSSR count). The molecule has 1 aromatic rings. The van der Waals surface area contributed by atoms with Gasteiger partial charge in [0.05, 0.1) is 0 Å². The van der Waals surface area contributed by atoms with E-state index in [4.69, 9.17) is 10.8 Å². The number of benzene rings is 1. The van der Waals surface area contributed by atoms with Gasteiger partial charge in [-0.05, 0) is 18.2 Å². The van der Waals surface area contributed by atoms with E-state index in [0.717, 1.165) is 18.2 Å². The number of aliphatic carboxylic acids is 1. The van der Waals surface area contributed by atoms with Crippen LogP contribution in [0.1, 0.15) is 11.6 Å². The second-order valence-electron chi connectivity index (χ2n) is 3.08. The molecular formula is C9H8F3NO4. The van der Waals surface area contributed by atoms with E-state index in [1.165, 1.54) is 0 Å². The van der Waals surface area contributed by atoms with Gasteiger partial charge in [-0.2, -0.15) is 0 Å². The largest absolute Gasteiger partial charge is 0.573 e. The number of halogens is 3. The lowest BCUT2D eigenvalue weighted by atomic mass is 10.1. The molecule has 17 heavy (non-hydrogen) atoms. The maximum absolute atomic E-state index is 11.9. The number of carboxylic acid groups (broad SMARTS) is 1. The predicted molar refractivity (Wildman–Crippen MR) is 49.4 cm³/mol. The van der Waals surface area contributed by atoms with Crippen molar-refractivity contribution < 1.29 is 32.9 Å². The zero-order valence-corrected chi connectivity index (χ0v) is 8.23. The quantitative estimate of drug-likeness (QED) is 0.754. The molecule has 1 atom stereocenters. The third kappa shape index (κ3) is 3.52. The maximum Gasteiger partial charge on any atom is 0.573 e. The molecule has 1 aromatic carbocycles. The smallest absolute Gasteiger partial charge is 0.508 e. The third-order valence-corrected chi connectivity index (χ3v) is 1.83. The Balaban J connectivity index is 3.06. The lowest BCUT2D eigenvalue weighted by Gasteiger charge is -2.13. The summed E-state index contributed by atoms with van der Waals surface area (Å²) in [6.07, 6.45) is -4.90. The number of hydrogen-bond donors (Lipinski definition) is 3. The zero-order valence-electron chi connectivity index (χ0n) is 8.23. The molecule has 0 aliphatic heterocycles. The van der Waals surface area contributed by atoms with Crippen LogP contribution >= 0.6 is 0 Å². The van der Waals surface area contributed by atoms with Crippen LogP contribution in [0.2, 0.25) is 0 Å². The standard InChI is InChI=1S/C9H8F3NO4/c10-9(11,12)17-4-1-2-6(14)5(3-4)7(13)8(15)16/h1-3,7,14H,13H2,(H,15,16)/t7-/m0/s1. The SMILES string of the molecule is N[C@H](C(=O)O)c1cc(OC(F)(F)F)ccc1O. The van der Waals surface area contributed by atoms with Crippen molar-refractivity contribution in [2.24, 2.45) is 5.73 Å². The van der Waals surface area contributed by atoms with E-state index in [2.05, 4.69) is 4.74 Å². The van der Waals surface area contributed by atoms with Gasteiger partial charge >= 0.3 is 12.3 Å². The molecule has 0 aliphatic carbocycles. The second kappa shape index (κ2) is 4.50. The van der Waals surface area contributed by atoms with Crippen molar-refractivity contribution in [2.75, 3.05) is 0 Å². The Morgan fingerprint density at radius 3 is 2.47 bits per heavy atom. The van der Waals surface area contributed by atoms with Crippen LogP contribution in [-0.2, 0) is 4.79 Å². The van der Waals surface area contributed by atoms with Crippen LogP contribution in [0.4, 0.5) is 13.2 Å². The Bertz CT molecular complexity index is 433.